The third-order valence-corrected chi connectivity index (χ3v) is 6.15. The van der Waals surface area contributed by atoms with Crippen molar-refractivity contribution >= 4 is 33.1 Å². The van der Waals surface area contributed by atoms with E-state index in [2.05, 4.69) is 9.71 Å². The largest absolute Gasteiger partial charge is 0.496 e. The fraction of sp³-hybridized carbons (Fsp3) is 0.143. The van der Waals surface area contributed by atoms with Crippen molar-refractivity contribution in [3.63, 3.8) is 0 Å². The molecule has 33 heavy (non-hydrogen) atoms. The van der Waals surface area contributed by atoms with Crippen molar-refractivity contribution in [3.8, 4) is 5.75 Å². The number of sulfonamides is 1. The van der Waals surface area contributed by atoms with Crippen LogP contribution in [0.15, 0.2) is 53.6 Å². The Kier molecular flexibility index (Phi) is 6.66. The first-order valence-electron chi connectivity index (χ1n) is 9.08. The molecule has 0 aliphatic heterocycles. The smallest absolute Gasteiger partial charge is 0.417 e. The number of hydrogen-bond donors (Lipinski definition) is 1. The van der Waals surface area contributed by atoms with Crippen LogP contribution in [-0.4, -0.2) is 26.3 Å². The Balaban J connectivity index is 2.10. The Morgan fingerprint density at radius 2 is 1.85 bits per heavy atom. The molecule has 3 aromatic rings. The Hall–Kier alpha value is -3.18. The zero-order valence-corrected chi connectivity index (χ0v) is 18.6. The molecule has 0 saturated carbocycles. The Morgan fingerprint density at radius 1 is 1.15 bits per heavy atom. The van der Waals surface area contributed by atoms with Crippen LogP contribution in [0.3, 0.4) is 0 Å². The van der Waals surface area contributed by atoms with Gasteiger partial charge in [0.05, 0.1) is 28.3 Å². The second kappa shape index (κ2) is 8.99. The van der Waals surface area contributed by atoms with Crippen molar-refractivity contribution in [2.24, 2.45) is 0 Å². The molecule has 1 aromatic heterocycles. The monoisotopic (exact) mass is 502 g/mol. The molecular weight excluding hydrogens is 488 g/mol. The van der Waals surface area contributed by atoms with Gasteiger partial charge in [-0.05, 0) is 48.9 Å². The molecule has 0 saturated heterocycles. The molecule has 174 valence electrons. The van der Waals surface area contributed by atoms with Crippen LogP contribution in [0.1, 0.15) is 27.2 Å². The summed E-state index contributed by atoms with van der Waals surface area (Å²) in [5.41, 5.74) is -2.23. The average Bonchev–Trinajstić information content (AvgIpc) is 2.72. The molecule has 2 aromatic carbocycles. The van der Waals surface area contributed by atoms with Crippen molar-refractivity contribution in [1.29, 1.82) is 0 Å². The second-order valence-electron chi connectivity index (χ2n) is 6.80. The first-order valence-corrected chi connectivity index (χ1v) is 10.9. The Morgan fingerprint density at radius 3 is 2.48 bits per heavy atom. The number of aromatic nitrogens is 1. The minimum Gasteiger partial charge on any atom is -0.496 e. The average molecular weight is 503 g/mol. The zero-order valence-electron chi connectivity index (χ0n) is 17.0. The number of alkyl halides is 3. The molecule has 6 nitrogen and oxygen atoms in total. The molecule has 0 spiro atoms. The van der Waals surface area contributed by atoms with Gasteiger partial charge in [0.25, 0.3) is 10.0 Å². The summed E-state index contributed by atoms with van der Waals surface area (Å²) in [7, 11) is -3.40. The molecule has 3 rings (SSSR count). The maximum atomic E-state index is 14.4. The summed E-state index contributed by atoms with van der Waals surface area (Å²) in [6.07, 6.45) is -3.64. The van der Waals surface area contributed by atoms with E-state index in [4.69, 9.17) is 16.3 Å². The van der Waals surface area contributed by atoms with Crippen molar-refractivity contribution in [3.05, 3.63) is 81.9 Å². The van der Waals surface area contributed by atoms with Crippen LogP contribution in [0.5, 0.6) is 5.75 Å². The SMILES string of the molecule is COc1cccc(F)c1C(=O)c1ncc(C)cc1NS(=O)(=O)c1ccc(Cl)c(C(F)(F)F)c1. The van der Waals surface area contributed by atoms with E-state index in [-0.39, 0.29) is 11.4 Å². The zero-order chi connectivity index (χ0) is 24.6. The van der Waals surface area contributed by atoms with Gasteiger partial charge >= 0.3 is 6.18 Å². The van der Waals surface area contributed by atoms with E-state index >= 15 is 0 Å². The summed E-state index contributed by atoms with van der Waals surface area (Å²) in [5.74, 6) is -2.03. The lowest BCUT2D eigenvalue weighted by Gasteiger charge is -2.15. The van der Waals surface area contributed by atoms with E-state index in [0.29, 0.717) is 11.6 Å². The van der Waals surface area contributed by atoms with Gasteiger partial charge in [-0.15, -0.1) is 0 Å². The molecule has 0 atom stereocenters. The first kappa shape index (κ1) is 24.5. The van der Waals surface area contributed by atoms with Gasteiger partial charge in [0.1, 0.15) is 22.8 Å². The number of hydrogen-bond acceptors (Lipinski definition) is 5. The molecule has 0 amide bonds. The molecule has 0 fully saturated rings. The predicted octanol–water partition coefficient (Wildman–Crippen LogP) is 5.24. The van der Waals surface area contributed by atoms with Crippen LogP contribution in [0, 0.1) is 12.7 Å². The highest BCUT2D eigenvalue weighted by atomic mass is 35.5. The summed E-state index contributed by atoms with van der Waals surface area (Å²) in [6, 6.07) is 6.95. The van der Waals surface area contributed by atoms with E-state index in [9.17, 15) is 30.8 Å². The number of ether oxygens (including phenoxy) is 1. The molecule has 0 radical (unpaired) electrons. The maximum Gasteiger partial charge on any atom is 0.417 e. The molecule has 1 heterocycles. The van der Waals surface area contributed by atoms with Crippen LogP contribution in [0.2, 0.25) is 5.02 Å². The number of ketones is 1. The van der Waals surface area contributed by atoms with Crippen LogP contribution in [0.4, 0.5) is 23.2 Å². The highest BCUT2D eigenvalue weighted by Gasteiger charge is 2.35. The first-order chi connectivity index (χ1) is 15.3. The van der Waals surface area contributed by atoms with Crippen LogP contribution in [0.25, 0.3) is 0 Å². The van der Waals surface area contributed by atoms with Crippen molar-refractivity contribution in [2.75, 3.05) is 11.8 Å². The standard InChI is InChI=1S/C21H15ClF4N2O4S/c1-11-8-16(19(27-10-11)20(29)18-15(23)4-3-5-17(18)32-2)28-33(30,31)12-6-7-14(22)13(9-12)21(24,25)26/h3-10,28H,1-2H3. The Bertz CT molecular complexity index is 1340. The lowest BCUT2D eigenvalue weighted by atomic mass is 10.0. The number of halogens is 5. The number of benzene rings is 2. The van der Waals surface area contributed by atoms with Crippen LogP contribution < -0.4 is 9.46 Å². The Labute approximate surface area is 191 Å². The molecule has 0 bridgehead atoms. The van der Waals surface area contributed by atoms with Crippen LogP contribution in [-0.2, 0) is 16.2 Å². The number of nitrogens with zero attached hydrogens (tertiary/aromatic N) is 1. The third-order valence-electron chi connectivity index (χ3n) is 4.46. The molecule has 0 aliphatic rings. The topological polar surface area (TPSA) is 85.4 Å². The molecular formula is C21H15ClF4N2O4S. The summed E-state index contributed by atoms with van der Waals surface area (Å²) < 4.78 is 86.6. The van der Waals surface area contributed by atoms with Gasteiger partial charge < -0.3 is 4.74 Å². The van der Waals surface area contributed by atoms with Gasteiger partial charge in [-0.1, -0.05) is 17.7 Å². The van der Waals surface area contributed by atoms with Gasteiger partial charge in [0.2, 0.25) is 5.78 Å². The molecule has 12 heteroatoms. The highest BCUT2D eigenvalue weighted by molar-refractivity contribution is 7.92. The van der Waals surface area contributed by atoms with E-state index in [1.54, 1.807) is 6.92 Å². The van der Waals surface area contributed by atoms with Gasteiger partial charge in [0.15, 0.2) is 0 Å². The molecule has 0 unspecified atom stereocenters. The van der Waals surface area contributed by atoms with Crippen molar-refractivity contribution in [2.45, 2.75) is 18.0 Å². The summed E-state index contributed by atoms with van der Waals surface area (Å²) >= 11 is 5.55. The number of carbonyl (C=O) groups excluding carboxylic acids is 1. The summed E-state index contributed by atoms with van der Waals surface area (Å²) in [4.78, 5) is 16.2. The van der Waals surface area contributed by atoms with Gasteiger partial charge in [-0.3, -0.25) is 14.5 Å². The number of anilines is 1. The highest BCUT2D eigenvalue weighted by Crippen LogP contribution is 2.36. The normalized spacial score (nSPS) is 11.8. The van der Waals surface area contributed by atoms with Crippen LogP contribution >= 0.6 is 11.6 Å². The van der Waals surface area contributed by atoms with E-state index in [0.717, 1.165) is 18.2 Å². The predicted molar refractivity (Wildman–Crippen MR) is 113 cm³/mol. The van der Waals surface area contributed by atoms with Gasteiger partial charge in [-0.2, -0.15) is 13.2 Å². The van der Waals surface area contributed by atoms with E-state index < -0.39 is 54.5 Å². The quantitative estimate of drug-likeness (QED) is 0.368. The summed E-state index contributed by atoms with van der Waals surface area (Å²) in [6.45, 7) is 1.55. The number of carbonyl (C=O) groups is 1. The molecule has 0 aliphatic carbocycles. The summed E-state index contributed by atoms with van der Waals surface area (Å²) in [5, 5.41) is -0.679. The minimum atomic E-state index is -4.89. The lowest BCUT2D eigenvalue weighted by molar-refractivity contribution is -0.137. The maximum absolute atomic E-state index is 14.4. The third kappa shape index (κ3) is 5.09. The van der Waals surface area contributed by atoms with Crippen molar-refractivity contribution < 1.29 is 35.5 Å². The van der Waals surface area contributed by atoms with Gasteiger partial charge in [0, 0.05) is 6.20 Å². The fourth-order valence-electron chi connectivity index (χ4n) is 2.93. The minimum absolute atomic E-state index is 0.108. The number of pyridine rings is 1. The fourth-order valence-corrected chi connectivity index (χ4v) is 4.24. The number of nitrogens with one attached hydrogen (secondary N) is 1. The van der Waals surface area contributed by atoms with Gasteiger partial charge in [-0.25, -0.2) is 12.8 Å². The molecule has 1 N–H and O–H groups in total. The van der Waals surface area contributed by atoms with Crippen molar-refractivity contribution in [1.82, 2.24) is 4.98 Å². The number of methoxy groups -OCH3 is 1. The lowest BCUT2D eigenvalue weighted by Crippen LogP contribution is -2.19. The number of rotatable bonds is 6. The van der Waals surface area contributed by atoms with E-state index in [1.165, 1.54) is 31.5 Å². The number of aryl methyl sites for hydroxylation is 1. The van der Waals surface area contributed by atoms with E-state index in [1.807, 2.05) is 0 Å². The second-order valence-corrected chi connectivity index (χ2v) is 8.89.